The second-order valence-corrected chi connectivity index (χ2v) is 6.74. The van der Waals surface area contributed by atoms with Crippen molar-refractivity contribution in [2.45, 2.75) is 16.5 Å². The van der Waals surface area contributed by atoms with Crippen LogP contribution in [0.3, 0.4) is 0 Å². The molecular formula is C14H14FN3OS2. The highest BCUT2D eigenvalue weighted by Crippen LogP contribution is 2.30. The van der Waals surface area contributed by atoms with E-state index in [-0.39, 0.29) is 16.9 Å². The maximum absolute atomic E-state index is 12.9. The number of aromatic nitrogens is 2. The van der Waals surface area contributed by atoms with Gasteiger partial charge in [-0.15, -0.1) is 16.8 Å². The van der Waals surface area contributed by atoms with Gasteiger partial charge in [-0.25, -0.2) is 4.39 Å². The van der Waals surface area contributed by atoms with Gasteiger partial charge in [-0.3, -0.25) is 4.79 Å². The number of carbonyl (C=O) groups excluding carboxylic acids is 1. The predicted octanol–water partition coefficient (Wildman–Crippen LogP) is 3.64. The second-order valence-electron chi connectivity index (χ2n) is 4.17. The van der Waals surface area contributed by atoms with Crippen molar-refractivity contribution in [3.05, 3.63) is 48.3 Å². The molecule has 0 saturated heterocycles. The average Bonchev–Trinajstić information content (AvgIpc) is 2.92. The Balaban J connectivity index is 1.98. The van der Waals surface area contributed by atoms with Crippen LogP contribution in [-0.4, -0.2) is 27.8 Å². The molecule has 21 heavy (non-hydrogen) atoms. The van der Waals surface area contributed by atoms with E-state index in [0.717, 1.165) is 0 Å². The summed E-state index contributed by atoms with van der Waals surface area (Å²) >= 11 is 2.73. The fourth-order valence-corrected chi connectivity index (χ4v) is 3.52. The highest BCUT2D eigenvalue weighted by Gasteiger charge is 2.18. The third-order valence-corrected chi connectivity index (χ3v) is 4.64. The Morgan fingerprint density at radius 2 is 2.19 bits per heavy atom. The van der Waals surface area contributed by atoms with Crippen molar-refractivity contribution in [1.82, 2.24) is 10.2 Å². The number of thioether (sulfide) groups is 1. The molecule has 0 bridgehead atoms. The quantitative estimate of drug-likeness (QED) is 0.479. The van der Waals surface area contributed by atoms with Gasteiger partial charge >= 0.3 is 0 Å². The van der Waals surface area contributed by atoms with Crippen LogP contribution in [0.4, 0.5) is 9.52 Å². The largest absolute Gasteiger partial charge is 0.357 e. The Labute approximate surface area is 130 Å². The van der Waals surface area contributed by atoms with Crippen LogP contribution in [0.25, 0.3) is 0 Å². The van der Waals surface area contributed by atoms with E-state index < -0.39 is 0 Å². The summed E-state index contributed by atoms with van der Waals surface area (Å²) in [7, 11) is 0. The number of ketones is 1. The number of nitrogens with one attached hydrogen (secondary N) is 1. The van der Waals surface area contributed by atoms with Gasteiger partial charge in [0.25, 0.3) is 0 Å². The van der Waals surface area contributed by atoms with Crippen molar-refractivity contribution in [1.29, 1.82) is 0 Å². The standard InChI is InChI=1S/C14H14FN3OS2/c1-3-8-16-13-17-18-14(21-13)20-9(2)12(19)10-4-6-11(15)7-5-10/h3-7,9H,1,8H2,2H3,(H,16,17). The van der Waals surface area contributed by atoms with Crippen molar-refractivity contribution in [3.63, 3.8) is 0 Å². The van der Waals surface area contributed by atoms with Crippen LogP contribution in [0.2, 0.25) is 0 Å². The maximum atomic E-state index is 12.9. The smallest absolute Gasteiger partial charge is 0.206 e. The summed E-state index contributed by atoms with van der Waals surface area (Å²) < 4.78 is 13.6. The summed E-state index contributed by atoms with van der Waals surface area (Å²) in [5.74, 6) is -0.412. The number of rotatable bonds is 7. The van der Waals surface area contributed by atoms with E-state index in [9.17, 15) is 9.18 Å². The monoisotopic (exact) mass is 323 g/mol. The first-order valence-corrected chi connectivity index (χ1v) is 7.94. The Morgan fingerprint density at radius 3 is 2.86 bits per heavy atom. The van der Waals surface area contributed by atoms with E-state index in [0.29, 0.717) is 21.6 Å². The molecular weight excluding hydrogens is 309 g/mol. The number of hydrogen-bond donors (Lipinski definition) is 1. The van der Waals surface area contributed by atoms with E-state index >= 15 is 0 Å². The lowest BCUT2D eigenvalue weighted by Crippen LogP contribution is -2.13. The van der Waals surface area contributed by atoms with Gasteiger partial charge in [0.05, 0.1) is 5.25 Å². The highest BCUT2D eigenvalue weighted by atomic mass is 32.2. The molecule has 1 aromatic carbocycles. The lowest BCUT2D eigenvalue weighted by atomic mass is 10.1. The molecule has 110 valence electrons. The fraction of sp³-hybridized carbons (Fsp3) is 0.214. The maximum Gasteiger partial charge on any atom is 0.206 e. The molecule has 0 spiro atoms. The lowest BCUT2D eigenvalue weighted by molar-refractivity contribution is 0.0994. The third kappa shape index (κ3) is 4.37. The molecule has 4 nitrogen and oxygen atoms in total. The molecule has 2 aromatic rings. The van der Waals surface area contributed by atoms with Crippen LogP contribution in [0, 0.1) is 5.82 Å². The van der Waals surface area contributed by atoms with Crippen LogP contribution >= 0.6 is 23.1 Å². The van der Waals surface area contributed by atoms with Crippen molar-refractivity contribution >= 4 is 34.0 Å². The van der Waals surface area contributed by atoms with Crippen LogP contribution in [-0.2, 0) is 0 Å². The van der Waals surface area contributed by atoms with Gasteiger partial charge in [-0.1, -0.05) is 29.2 Å². The molecule has 1 heterocycles. The molecule has 1 atom stereocenters. The van der Waals surface area contributed by atoms with E-state index in [1.807, 2.05) is 0 Å². The number of benzene rings is 1. The fourth-order valence-electron chi connectivity index (χ4n) is 1.54. The van der Waals surface area contributed by atoms with Gasteiger partial charge < -0.3 is 5.32 Å². The number of anilines is 1. The van der Waals surface area contributed by atoms with Crippen molar-refractivity contribution in [2.24, 2.45) is 0 Å². The molecule has 1 N–H and O–H groups in total. The van der Waals surface area contributed by atoms with E-state index in [1.54, 1.807) is 13.0 Å². The summed E-state index contributed by atoms with van der Waals surface area (Å²) in [6, 6.07) is 5.55. The lowest BCUT2D eigenvalue weighted by Gasteiger charge is -2.07. The SMILES string of the molecule is C=CCNc1nnc(SC(C)C(=O)c2ccc(F)cc2)s1. The summed E-state index contributed by atoms with van der Waals surface area (Å²) in [5.41, 5.74) is 0.492. The zero-order valence-corrected chi connectivity index (χ0v) is 13.0. The minimum absolute atomic E-state index is 0.0594. The molecule has 1 aromatic heterocycles. The number of hydrogen-bond acceptors (Lipinski definition) is 6. The van der Waals surface area contributed by atoms with E-state index in [1.165, 1.54) is 47.4 Å². The first kappa shape index (κ1) is 15.7. The Morgan fingerprint density at radius 1 is 1.48 bits per heavy atom. The van der Waals surface area contributed by atoms with Gasteiger partial charge in [0.15, 0.2) is 10.1 Å². The summed E-state index contributed by atoms with van der Waals surface area (Å²) in [4.78, 5) is 12.2. The zero-order chi connectivity index (χ0) is 15.2. The Kier molecular flexibility index (Phi) is 5.46. The molecule has 0 aliphatic heterocycles. The molecule has 0 radical (unpaired) electrons. The number of halogens is 1. The van der Waals surface area contributed by atoms with Gasteiger partial charge in [0.2, 0.25) is 5.13 Å². The number of carbonyl (C=O) groups is 1. The van der Waals surface area contributed by atoms with Gasteiger partial charge in [0, 0.05) is 12.1 Å². The summed E-state index contributed by atoms with van der Waals surface area (Å²) in [6.45, 7) is 6.03. The normalized spacial score (nSPS) is 11.9. The van der Waals surface area contributed by atoms with Crippen molar-refractivity contribution in [3.8, 4) is 0 Å². The molecule has 0 aliphatic rings. The number of nitrogens with zero attached hydrogens (tertiary/aromatic N) is 2. The molecule has 1 unspecified atom stereocenters. The number of Topliss-reactive ketones (excluding diaryl/α,β-unsaturated/α-hetero) is 1. The Bertz CT molecular complexity index is 627. The van der Waals surface area contributed by atoms with Crippen LogP contribution in [0.15, 0.2) is 41.3 Å². The van der Waals surface area contributed by atoms with Gasteiger partial charge in [-0.05, 0) is 31.2 Å². The predicted molar refractivity (Wildman–Crippen MR) is 84.6 cm³/mol. The van der Waals surface area contributed by atoms with Gasteiger partial charge in [0.1, 0.15) is 5.82 Å². The molecule has 2 rings (SSSR count). The topological polar surface area (TPSA) is 54.9 Å². The zero-order valence-electron chi connectivity index (χ0n) is 11.4. The molecule has 7 heteroatoms. The highest BCUT2D eigenvalue weighted by molar-refractivity contribution is 8.02. The summed E-state index contributed by atoms with van der Waals surface area (Å²) in [5, 5.41) is 11.4. The van der Waals surface area contributed by atoms with Crippen LogP contribution in [0.1, 0.15) is 17.3 Å². The van der Waals surface area contributed by atoms with E-state index in [4.69, 9.17) is 0 Å². The minimum Gasteiger partial charge on any atom is -0.357 e. The van der Waals surface area contributed by atoms with Crippen LogP contribution in [0.5, 0.6) is 0 Å². The van der Waals surface area contributed by atoms with Crippen molar-refractivity contribution in [2.75, 3.05) is 11.9 Å². The van der Waals surface area contributed by atoms with Crippen molar-refractivity contribution < 1.29 is 9.18 Å². The first-order chi connectivity index (χ1) is 10.1. The molecule has 0 saturated carbocycles. The van der Waals surface area contributed by atoms with E-state index in [2.05, 4.69) is 22.1 Å². The average molecular weight is 323 g/mol. The summed E-state index contributed by atoms with van der Waals surface area (Å²) in [6.07, 6.45) is 1.73. The Hall–Kier alpha value is -1.73. The second kappa shape index (κ2) is 7.33. The third-order valence-electron chi connectivity index (χ3n) is 2.58. The van der Waals surface area contributed by atoms with Crippen LogP contribution < -0.4 is 5.32 Å². The molecule has 0 aliphatic carbocycles. The molecule has 0 fully saturated rings. The molecule has 0 amide bonds. The minimum atomic E-state index is -0.353. The van der Waals surface area contributed by atoms with Gasteiger partial charge in [-0.2, -0.15) is 0 Å². The first-order valence-electron chi connectivity index (χ1n) is 6.25.